The number of fused-ring (bicyclic) bond motifs is 4. The summed E-state index contributed by atoms with van der Waals surface area (Å²) in [6, 6.07) is 13.8. The second kappa shape index (κ2) is 12.1. The first-order chi connectivity index (χ1) is 20.6. The second-order valence-electron chi connectivity index (χ2n) is 14.3. The highest BCUT2D eigenvalue weighted by Gasteiger charge is 2.42. The van der Waals surface area contributed by atoms with E-state index in [1.807, 2.05) is 11.9 Å². The summed E-state index contributed by atoms with van der Waals surface area (Å²) in [7, 11) is 1.92. The number of aromatic amines is 1. The van der Waals surface area contributed by atoms with Crippen LogP contribution in [0.2, 0.25) is 0 Å². The first-order valence-corrected chi connectivity index (χ1v) is 16.6. The van der Waals surface area contributed by atoms with Crippen LogP contribution in [0.25, 0.3) is 22.2 Å². The molecule has 3 saturated heterocycles. The molecule has 6 nitrogen and oxygen atoms in total. The molecule has 2 N–H and O–H groups in total. The Kier molecular flexibility index (Phi) is 8.43. The molecule has 4 fully saturated rings. The Labute approximate surface area is 257 Å². The van der Waals surface area contributed by atoms with Gasteiger partial charge in [0.25, 0.3) is 0 Å². The van der Waals surface area contributed by atoms with Crippen molar-refractivity contribution in [2.45, 2.75) is 90.5 Å². The molecule has 0 spiro atoms. The first-order valence-electron chi connectivity index (χ1n) is 16.6. The summed E-state index contributed by atoms with van der Waals surface area (Å²) >= 11 is 0. The molecule has 3 aromatic rings. The van der Waals surface area contributed by atoms with E-state index in [2.05, 4.69) is 79.3 Å². The van der Waals surface area contributed by atoms with Gasteiger partial charge in [0.15, 0.2) is 0 Å². The van der Waals surface area contributed by atoms with Crippen LogP contribution in [-0.2, 0) is 21.4 Å². The molecule has 6 heteroatoms. The number of hydrogen-bond donors (Lipinski definition) is 2. The van der Waals surface area contributed by atoms with Crippen LogP contribution in [0, 0.1) is 25.7 Å². The van der Waals surface area contributed by atoms with E-state index < -0.39 is 5.41 Å². The fraction of sp³-hybridized carbons (Fsp3) is 0.568. The molecule has 0 radical (unpaired) electrons. The number of nitrogens with one attached hydrogen (secondary N) is 2. The van der Waals surface area contributed by atoms with E-state index in [-0.39, 0.29) is 11.8 Å². The number of H-pyrrole nitrogens is 1. The van der Waals surface area contributed by atoms with E-state index in [1.165, 1.54) is 46.2 Å². The zero-order valence-corrected chi connectivity index (χ0v) is 26.9. The van der Waals surface area contributed by atoms with Gasteiger partial charge >= 0.3 is 0 Å². The van der Waals surface area contributed by atoms with Crippen molar-refractivity contribution in [1.82, 2.24) is 20.1 Å². The fourth-order valence-electron chi connectivity index (χ4n) is 8.04. The van der Waals surface area contributed by atoms with Crippen molar-refractivity contribution in [2.75, 3.05) is 33.2 Å². The van der Waals surface area contributed by atoms with Crippen LogP contribution in [0.3, 0.4) is 0 Å². The maximum absolute atomic E-state index is 14.0. The lowest BCUT2D eigenvalue weighted by Gasteiger charge is -2.47. The quantitative estimate of drug-likeness (QED) is 0.282. The van der Waals surface area contributed by atoms with Gasteiger partial charge in [-0.1, -0.05) is 23.3 Å². The molecule has 7 rings (SSSR count). The van der Waals surface area contributed by atoms with Gasteiger partial charge in [-0.3, -0.25) is 9.59 Å². The molecule has 1 unspecified atom stereocenters. The van der Waals surface area contributed by atoms with E-state index in [1.54, 1.807) is 0 Å². The highest BCUT2D eigenvalue weighted by molar-refractivity contribution is 5.94. The van der Waals surface area contributed by atoms with Gasteiger partial charge in [-0.25, -0.2) is 0 Å². The average Bonchev–Trinajstić information content (AvgIpc) is 3.36. The van der Waals surface area contributed by atoms with Gasteiger partial charge in [-0.2, -0.15) is 0 Å². The minimum Gasteiger partial charge on any atom is -0.354 e. The van der Waals surface area contributed by atoms with E-state index in [0.717, 1.165) is 69.4 Å². The largest absolute Gasteiger partial charge is 0.354 e. The predicted molar refractivity (Wildman–Crippen MR) is 175 cm³/mol. The highest BCUT2D eigenvalue weighted by Crippen LogP contribution is 2.40. The molecular formula is C37H50N4O2. The molecule has 2 bridgehead atoms. The maximum Gasteiger partial charge on any atom is 0.232 e. The Morgan fingerprint density at radius 1 is 0.977 bits per heavy atom. The molecule has 3 aliphatic heterocycles. The molecule has 4 heterocycles. The van der Waals surface area contributed by atoms with Crippen LogP contribution in [0.4, 0.5) is 0 Å². The third-order valence-corrected chi connectivity index (χ3v) is 10.7. The lowest BCUT2D eigenvalue weighted by atomic mass is 9.76. The predicted octanol–water partition coefficient (Wildman–Crippen LogP) is 6.52. The molecule has 2 amide bonds. The van der Waals surface area contributed by atoms with Crippen LogP contribution < -0.4 is 5.32 Å². The van der Waals surface area contributed by atoms with Gasteiger partial charge < -0.3 is 20.1 Å². The number of amides is 2. The summed E-state index contributed by atoms with van der Waals surface area (Å²) in [5, 5.41) is 4.93. The number of hydrogen-bond acceptors (Lipinski definition) is 3. The molecule has 2 aromatic carbocycles. The van der Waals surface area contributed by atoms with Crippen molar-refractivity contribution in [1.29, 1.82) is 0 Å². The summed E-state index contributed by atoms with van der Waals surface area (Å²) in [6.07, 6.45) is 8.55. The Morgan fingerprint density at radius 3 is 2.40 bits per heavy atom. The topological polar surface area (TPSA) is 68.4 Å². The van der Waals surface area contributed by atoms with Crippen molar-refractivity contribution in [3.63, 3.8) is 0 Å². The molecule has 1 aliphatic carbocycles. The third kappa shape index (κ3) is 6.13. The van der Waals surface area contributed by atoms with Gasteiger partial charge in [-0.05, 0) is 139 Å². The molecule has 4 aliphatic rings. The lowest BCUT2D eigenvalue weighted by Crippen LogP contribution is -2.55. The van der Waals surface area contributed by atoms with E-state index in [9.17, 15) is 9.59 Å². The number of aryl methyl sites for hydroxylation is 2. The summed E-state index contributed by atoms with van der Waals surface area (Å²) in [5.74, 6) is 1.81. The normalized spacial score (nSPS) is 22.5. The lowest BCUT2D eigenvalue weighted by molar-refractivity contribution is -0.144. The number of carbonyl (C=O) groups excluding carboxylic acids is 2. The van der Waals surface area contributed by atoms with Crippen LogP contribution in [0.15, 0.2) is 36.4 Å². The average molecular weight is 583 g/mol. The summed E-state index contributed by atoms with van der Waals surface area (Å²) in [4.78, 5) is 33.8. The number of nitrogens with zero attached hydrogens (tertiary/aromatic N) is 2. The van der Waals surface area contributed by atoms with Crippen molar-refractivity contribution >= 4 is 22.7 Å². The van der Waals surface area contributed by atoms with Gasteiger partial charge in [-0.15, -0.1) is 0 Å². The molecular weight excluding hydrogens is 532 g/mol. The Balaban J connectivity index is 1.25. The second-order valence-corrected chi connectivity index (χ2v) is 14.3. The number of piperidine rings is 3. The molecule has 1 aromatic heterocycles. The van der Waals surface area contributed by atoms with E-state index in [0.29, 0.717) is 24.3 Å². The SMILES string of the molecule is Cc1cc(C)cc(-c2[nH]c3ccc(C(C)(C)C(=O)N4CC5CCC4CC5)cc3c2CCNCCC2CCC(=O)N(C)C2)c1. The monoisotopic (exact) mass is 582 g/mol. The molecule has 1 saturated carbocycles. The molecule has 43 heavy (non-hydrogen) atoms. The van der Waals surface area contributed by atoms with Gasteiger partial charge in [0.05, 0.1) is 5.41 Å². The molecule has 1 atom stereocenters. The van der Waals surface area contributed by atoms with E-state index in [4.69, 9.17) is 0 Å². The molecule has 230 valence electrons. The minimum atomic E-state index is -0.576. The zero-order chi connectivity index (χ0) is 30.3. The number of aromatic nitrogens is 1. The van der Waals surface area contributed by atoms with Gasteiger partial charge in [0, 0.05) is 49.2 Å². The van der Waals surface area contributed by atoms with Crippen molar-refractivity contribution in [2.24, 2.45) is 11.8 Å². The van der Waals surface area contributed by atoms with Crippen LogP contribution in [0.1, 0.15) is 81.0 Å². The zero-order valence-electron chi connectivity index (χ0n) is 26.9. The smallest absolute Gasteiger partial charge is 0.232 e. The van der Waals surface area contributed by atoms with Gasteiger partial charge in [0.1, 0.15) is 0 Å². The Hall–Kier alpha value is -3.12. The summed E-state index contributed by atoms with van der Waals surface area (Å²) < 4.78 is 0. The number of carbonyl (C=O) groups is 2. The Bertz CT molecular complexity index is 1480. The fourth-order valence-corrected chi connectivity index (χ4v) is 8.04. The maximum atomic E-state index is 14.0. The highest BCUT2D eigenvalue weighted by atomic mass is 16.2. The first kappa shape index (κ1) is 29.9. The van der Waals surface area contributed by atoms with Crippen LogP contribution in [0.5, 0.6) is 0 Å². The van der Waals surface area contributed by atoms with Crippen LogP contribution in [-0.4, -0.2) is 65.9 Å². The van der Waals surface area contributed by atoms with Crippen molar-refractivity contribution in [3.8, 4) is 11.3 Å². The third-order valence-electron chi connectivity index (χ3n) is 10.7. The van der Waals surface area contributed by atoms with Crippen molar-refractivity contribution < 1.29 is 9.59 Å². The standard InChI is InChI=1S/C37H50N4O2/c1-24-18-25(2)20-28(19-24)35-31(15-17-38-16-14-27-8-13-34(42)40(5)22-27)32-21-29(9-12-33(32)39-35)37(3,4)36(43)41-23-26-6-10-30(41)11-7-26/h9,12,18-21,26-27,30,38-39H,6-8,10-11,13-17,22-23H2,1-5H3. The summed E-state index contributed by atoms with van der Waals surface area (Å²) in [5.41, 5.74) is 7.90. The number of rotatable bonds is 9. The van der Waals surface area contributed by atoms with Gasteiger partial charge in [0.2, 0.25) is 11.8 Å². The number of benzene rings is 2. The minimum absolute atomic E-state index is 0.273. The number of likely N-dealkylation sites (tertiary alicyclic amines) is 1. The van der Waals surface area contributed by atoms with E-state index >= 15 is 0 Å². The summed E-state index contributed by atoms with van der Waals surface area (Å²) in [6.45, 7) is 12.2. The Morgan fingerprint density at radius 2 is 1.72 bits per heavy atom. The van der Waals surface area contributed by atoms with Crippen LogP contribution >= 0.6 is 0 Å². The van der Waals surface area contributed by atoms with Crippen molar-refractivity contribution in [3.05, 3.63) is 58.7 Å².